The fraction of sp³-hybridized carbons (Fsp3) is 0.238. The molecule has 0 saturated carbocycles. The molecule has 0 atom stereocenters. The van der Waals surface area contributed by atoms with Gasteiger partial charge in [0, 0.05) is 11.3 Å². The fourth-order valence-electron chi connectivity index (χ4n) is 2.84. The highest BCUT2D eigenvalue weighted by molar-refractivity contribution is 7.17. The van der Waals surface area contributed by atoms with Gasteiger partial charge < -0.3 is 10.1 Å². The molecule has 0 aliphatic rings. The molecule has 0 aliphatic heterocycles. The van der Waals surface area contributed by atoms with E-state index in [0.717, 1.165) is 45.2 Å². The zero-order chi connectivity index (χ0) is 18.7. The molecule has 134 valence electrons. The van der Waals surface area contributed by atoms with Crippen molar-refractivity contribution in [2.45, 2.75) is 27.2 Å². The third-order valence-corrected chi connectivity index (χ3v) is 5.52. The molecule has 1 amide bonds. The second kappa shape index (κ2) is 7.70. The molecule has 0 unspecified atom stereocenters. The molecule has 4 nitrogen and oxygen atoms in total. The van der Waals surface area contributed by atoms with Crippen molar-refractivity contribution in [2.24, 2.45) is 0 Å². The van der Waals surface area contributed by atoms with E-state index in [2.05, 4.69) is 17.2 Å². The van der Waals surface area contributed by atoms with Crippen LogP contribution in [0.15, 0.2) is 42.5 Å². The summed E-state index contributed by atoms with van der Waals surface area (Å²) in [5, 5.41) is 3.91. The number of aryl methyl sites for hydroxylation is 3. The number of nitrogens with one attached hydrogen (secondary N) is 1. The van der Waals surface area contributed by atoms with Gasteiger partial charge in [0.25, 0.3) is 5.91 Å². The van der Waals surface area contributed by atoms with Crippen LogP contribution in [0.25, 0.3) is 10.6 Å². The van der Waals surface area contributed by atoms with Gasteiger partial charge in [-0.1, -0.05) is 25.1 Å². The number of aromatic nitrogens is 1. The first-order valence-electron chi connectivity index (χ1n) is 8.55. The molecule has 26 heavy (non-hydrogen) atoms. The number of hydrogen-bond donors (Lipinski definition) is 1. The summed E-state index contributed by atoms with van der Waals surface area (Å²) in [5.74, 6) is 0.690. The molecule has 0 bridgehead atoms. The van der Waals surface area contributed by atoms with Crippen molar-refractivity contribution in [3.05, 3.63) is 64.2 Å². The molecule has 3 aromatic rings. The van der Waals surface area contributed by atoms with Gasteiger partial charge in [-0.05, 0) is 55.7 Å². The Morgan fingerprint density at radius 3 is 2.54 bits per heavy atom. The Bertz CT molecular complexity index is 930. The Balaban J connectivity index is 1.88. The molecule has 1 aromatic heterocycles. The first-order valence-corrected chi connectivity index (χ1v) is 9.36. The minimum Gasteiger partial charge on any atom is -0.497 e. The van der Waals surface area contributed by atoms with E-state index in [1.165, 1.54) is 11.3 Å². The number of methoxy groups -OCH3 is 1. The van der Waals surface area contributed by atoms with Crippen LogP contribution in [0.3, 0.4) is 0 Å². The highest BCUT2D eigenvalue weighted by Gasteiger charge is 2.18. The molecular weight excluding hydrogens is 344 g/mol. The normalized spacial score (nSPS) is 10.6. The van der Waals surface area contributed by atoms with Crippen LogP contribution in [0.2, 0.25) is 0 Å². The summed E-state index contributed by atoms with van der Waals surface area (Å²) >= 11 is 1.41. The summed E-state index contributed by atoms with van der Waals surface area (Å²) in [6.07, 6.45) is 0.871. The maximum atomic E-state index is 12.8. The number of anilines is 1. The van der Waals surface area contributed by atoms with Gasteiger partial charge in [-0.3, -0.25) is 4.79 Å². The molecule has 0 radical (unpaired) electrons. The monoisotopic (exact) mass is 366 g/mol. The molecular formula is C21H22N2O2S. The van der Waals surface area contributed by atoms with Crippen LogP contribution in [0.1, 0.15) is 33.4 Å². The summed E-state index contributed by atoms with van der Waals surface area (Å²) < 4.78 is 5.19. The zero-order valence-corrected chi connectivity index (χ0v) is 16.2. The molecule has 1 heterocycles. The molecule has 0 fully saturated rings. The van der Waals surface area contributed by atoms with E-state index in [4.69, 9.17) is 4.74 Å². The molecule has 0 saturated heterocycles. The van der Waals surface area contributed by atoms with Crippen molar-refractivity contribution in [1.82, 2.24) is 4.98 Å². The number of amides is 1. The summed E-state index contributed by atoms with van der Waals surface area (Å²) in [7, 11) is 1.64. The van der Waals surface area contributed by atoms with E-state index in [1.807, 2.05) is 56.3 Å². The number of carbonyl (C=O) groups is 1. The van der Waals surface area contributed by atoms with Crippen LogP contribution in [-0.4, -0.2) is 18.0 Å². The van der Waals surface area contributed by atoms with Crippen molar-refractivity contribution >= 4 is 22.9 Å². The Kier molecular flexibility index (Phi) is 5.38. The van der Waals surface area contributed by atoms with Gasteiger partial charge in [0.15, 0.2) is 0 Å². The standard InChI is InChI=1S/C21H22N2O2S/c1-5-15-8-6-7-13(2)18(15)23-20(24)19-14(3)22-21(26-19)16-9-11-17(25-4)12-10-16/h6-12H,5H2,1-4H3,(H,23,24). The van der Waals surface area contributed by atoms with Gasteiger partial charge >= 0.3 is 0 Å². The highest BCUT2D eigenvalue weighted by Crippen LogP contribution is 2.30. The zero-order valence-electron chi connectivity index (χ0n) is 15.4. The topological polar surface area (TPSA) is 51.2 Å². The van der Waals surface area contributed by atoms with E-state index in [-0.39, 0.29) is 5.91 Å². The van der Waals surface area contributed by atoms with Crippen molar-refractivity contribution in [3.63, 3.8) is 0 Å². The van der Waals surface area contributed by atoms with Gasteiger partial charge in [-0.15, -0.1) is 11.3 Å². The molecule has 1 N–H and O–H groups in total. The Labute approximate surface area is 157 Å². The fourth-order valence-corrected chi connectivity index (χ4v) is 3.80. The number of nitrogens with zero attached hydrogens (tertiary/aromatic N) is 1. The summed E-state index contributed by atoms with van der Waals surface area (Å²) in [6, 6.07) is 13.8. The number of thiazole rings is 1. The van der Waals surface area contributed by atoms with Crippen molar-refractivity contribution in [3.8, 4) is 16.3 Å². The van der Waals surface area contributed by atoms with E-state index in [0.29, 0.717) is 4.88 Å². The predicted molar refractivity (Wildman–Crippen MR) is 107 cm³/mol. The third kappa shape index (κ3) is 3.63. The van der Waals surface area contributed by atoms with Gasteiger partial charge in [0.1, 0.15) is 15.6 Å². The Morgan fingerprint density at radius 1 is 1.15 bits per heavy atom. The third-order valence-electron chi connectivity index (χ3n) is 4.32. The second-order valence-electron chi connectivity index (χ2n) is 6.08. The van der Waals surface area contributed by atoms with Crippen molar-refractivity contribution in [2.75, 3.05) is 12.4 Å². The number of rotatable bonds is 5. The molecule has 3 rings (SSSR count). The maximum Gasteiger partial charge on any atom is 0.267 e. The number of benzene rings is 2. The summed E-state index contributed by atoms with van der Waals surface area (Å²) in [5.41, 5.74) is 4.82. The van der Waals surface area contributed by atoms with Crippen LogP contribution < -0.4 is 10.1 Å². The minimum atomic E-state index is -0.108. The van der Waals surface area contributed by atoms with E-state index >= 15 is 0 Å². The van der Waals surface area contributed by atoms with E-state index in [1.54, 1.807) is 7.11 Å². The Morgan fingerprint density at radius 2 is 1.88 bits per heavy atom. The number of ether oxygens (including phenoxy) is 1. The first-order chi connectivity index (χ1) is 12.5. The van der Waals surface area contributed by atoms with Crippen molar-refractivity contribution in [1.29, 1.82) is 0 Å². The van der Waals surface area contributed by atoms with E-state index in [9.17, 15) is 4.79 Å². The average Bonchev–Trinajstić information content (AvgIpc) is 3.05. The lowest BCUT2D eigenvalue weighted by molar-refractivity contribution is 0.102. The lowest BCUT2D eigenvalue weighted by Gasteiger charge is -2.12. The number of carbonyl (C=O) groups excluding carboxylic acids is 1. The highest BCUT2D eigenvalue weighted by atomic mass is 32.1. The predicted octanol–water partition coefficient (Wildman–Crippen LogP) is 5.25. The molecule has 0 aliphatic carbocycles. The number of hydrogen-bond acceptors (Lipinski definition) is 4. The van der Waals surface area contributed by atoms with Crippen LogP contribution in [0, 0.1) is 13.8 Å². The van der Waals surface area contributed by atoms with Crippen molar-refractivity contribution < 1.29 is 9.53 Å². The SMILES string of the molecule is CCc1cccc(C)c1NC(=O)c1sc(-c2ccc(OC)cc2)nc1C. The van der Waals surface area contributed by atoms with Gasteiger partial charge in [0.2, 0.25) is 0 Å². The van der Waals surface area contributed by atoms with Gasteiger partial charge in [0.05, 0.1) is 12.8 Å². The van der Waals surface area contributed by atoms with Gasteiger partial charge in [-0.2, -0.15) is 0 Å². The van der Waals surface area contributed by atoms with Crippen LogP contribution in [-0.2, 0) is 6.42 Å². The minimum absolute atomic E-state index is 0.108. The lowest BCUT2D eigenvalue weighted by Crippen LogP contribution is -2.14. The summed E-state index contributed by atoms with van der Waals surface area (Å²) in [4.78, 5) is 18.1. The lowest BCUT2D eigenvalue weighted by atomic mass is 10.1. The average molecular weight is 366 g/mol. The smallest absolute Gasteiger partial charge is 0.267 e. The quantitative estimate of drug-likeness (QED) is 0.671. The van der Waals surface area contributed by atoms with E-state index < -0.39 is 0 Å². The first kappa shape index (κ1) is 18.1. The largest absolute Gasteiger partial charge is 0.497 e. The molecule has 0 spiro atoms. The second-order valence-corrected chi connectivity index (χ2v) is 7.08. The van der Waals surface area contributed by atoms with Crippen LogP contribution >= 0.6 is 11.3 Å². The molecule has 5 heteroatoms. The summed E-state index contributed by atoms with van der Waals surface area (Å²) in [6.45, 7) is 5.97. The van der Waals surface area contributed by atoms with Gasteiger partial charge in [-0.25, -0.2) is 4.98 Å². The van der Waals surface area contributed by atoms with Crippen LogP contribution in [0.4, 0.5) is 5.69 Å². The maximum absolute atomic E-state index is 12.8. The number of para-hydroxylation sites is 1. The Hall–Kier alpha value is -2.66. The molecule has 2 aromatic carbocycles. The van der Waals surface area contributed by atoms with Crippen LogP contribution in [0.5, 0.6) is 5.75 Å².